The summed E-state index contributed by atoms with van der Waals surface area (Å²) < 4.78 is 34.3. The van der Waals surface area contributed by atoms with Crippen molar-refractivity contribution in [3.63, 3.8) is 0 Å². The number of phosphoric ester groups is 1. The first-order valence-corrected chi connectivity index (χ1v) is 24.2. The van der Waals surface area contributed by atoms with Gasteiger partial charge in [-0.15, -0.1) is 0 Å². The molecule has 1 N–H and O–H groups in total. The van der Waals surface area contributed by atoms with E-state index in [1.54, 1.807) is 0 Å². The lowest BCUT2D eigenvalue weighted by molar-refractivity contribution is -0.870. The third kappa shape index (κ3) is 41.9. The first kappa shape index (κ1) is 54.2. The van der Waals surface area contributed by atoms with Gasteiger partial charge in [0, 0.05) is 12.8 Å². The number of quaternary nitrogens is 1. The first-order valence-electron chi connectivity index (χ1n) is 22.7. The van der Waals surface area contributed by atoms with E-state index in [9.17, 15) is 19.0 Å². The largest absolute Gasteiger partial charge is 0.472 e. The summed E-state index contributed by atoms with van der Waals surface area (Å²) in [5.74, 6) is -0.811. The van der Waals surface area contributed by atoms with Crippen LogP contribution in [0.2, 0.25) is 0 Å². The van der Waals surface area contributed by atoms with Gasteiger partial charge in [-0.05, 0) is 70.6 Å². The van der Waals surface area contributed by atoms with Crippen molar-refractivity contribution in [3.8, 4) is 0 Å². The number of hydrogen-bond acceptors (Lipinski definition) is 7. The van der Waals surface area contributed by atoms with Gasteiger partial charge in [-0.3, -0.25) is 18.6 Å². The maximum Gasteiger partial charge on any atom is 0.472 e. The van der Waals surface area contributed by atoms with Crippen LogP contribution in [0.25, 0.3) is 0 Å². The molecule has 0 spiro atoms. The first-order chi connectivity index (χ1) is 27.0. The zero-order valence-electron chi connectivity index (χ0n) is 36.9. The van der Waals surface area contributed by atoms with Crippen LogP contribution in [0.4, 0.5) is 0 Å². The molecule has 0 aromatic heterocycles. The fraction of sp³-hybridized carbons (Fsp3) is 0.826. The zero-order chi connectivity index (χ0) is 41.4. The summed E-state index contributed by atoms with van der Waals surface area (Å²) in [5, 5.41) is 0. The highest BCUT2D eigenvalue weighted by Crippen LogP contribution is 2.43. The van der Waals surface area contributed by atoms with Crippen LogP contribution >= 0.6 is 7.82 Å². The van der Waals surface area contributed by atoms with Gasteiger partial charge in [-0.1, -0.05) is 147 Å². The number of rotatable bonds is 41. The number of phosphoric acid groups is 1. The summed E-state index contributed by atoms with van der Waals surface area (Å²) in [6, 6.07) is 0. The Morgan fingerprint density at radius 2 is 0.964 bits per heavy atom. The topological polar surface area (TPSA) is 108 Å². The van der Waals surface area contributed by atoms with Gasteiger partial charge < -0.3 is 18.9 Å². The molecule has 1 unspecified atom stereocenters. The number of likely N-dealkylation sites (N-methyl/N-ethyl adjacent to an activating group) is 1. The highest BCUT2D eigenvalue weighted by atomic mass is 31.2. The number of nitrogens with zero attached hydrogens (tertiary/aromatic N) is 1. The quantitative estimate of drug-likeness (QED) is 0.0214. The molecular weight excluding hydrogens is 725 g/mol. The molecule has 328 valence electrons. The molecule has 0 rings (SSSR count). The Bertz CT molecular complexity index is 1050. The average molecular weight is 813 g/mol. The van der Waals surface area contributed by atoms with Crippen LogP contribution in [0.15, 0.2) is 36.5 Å². The molecule has 2 atom stereocenters. The van der Waals surface area contributed by atoms with E-state index in [1.165, 1.54) is 103 Å². The van der Waals surface area contributed by atoms with Gasteiger partial charge >= 0.3 is 19.8 Å². The Balaban J connectivity index is 4.36. The second-order valence-corrected chi connectivity index (χ2v) is 17.9. The van der Waals surface area contributed by atoms with Gasteiger partial charge in [0.15, 0.2) is 6.10 Å². The third-order valence-corrected chi connectivity index (χ3v) is 10.6. The number of esters is 2. The van der Waals surface area contributed by atoms with Crippen molar-refractivity contribution >= 4 is 19.8 Å². The summed E-state index contributed by atoms with van der Waals surface area (Å²) in [6.45, 7) is 4.38. The SMILES string of the molecule is CCCCC/C=C\C/C=C\CCCCCCCCCC(=O)O[C@H](COC(=O)CCCCCCCCC/C=C\CCCCCC)COP(=O)(O)OCC[N+](C)(C)C. The summed E-state index contributed by atoms with van der Waals surface area (Å²) in [7, 11) is 1.47. The molecule has 0 aliphatic carbocycles. The second kappa shape index (κ2) is 38.7. The molecule has 0 amide bonds. The minimum absolute atomic E-state index is 0.0293. The van der Waals surface area contributed by atoms with Crippen molar-refractivity contribution in [2.24, 2.45) is 0 Å². The lowest BCUT2D eigenvalue weighted by Gasteiger charge is -2.24. The van der Waals surface area contributed by atoms with Gasteiger partial charge in [0.25, 0.3) is 0 Å². The van der Waals surface area contributed by atoms with Gasteiger partial charge in [0.1, 0.15) is 19.8 Å². The summed E-state index contributed by atoms with van der Waals surface area (Å²) in [6.07, 6.45) is 43.2. The number of carbonyl (C=O) groups is 2. The lowest BCUT2D eigenvalue weighted by Crippen LogP contribution is -2.37. The predicted octanol–water partition coefficient (Wildman–Crippen LogP) is 12.9. The Hall–Kier alpha value is -1.77. The zero-order valence-corrected chi connectivity index (χ0v) is 37.8. The lowest BCUT2D eigenvalue weighted by atomic mass is 10.1. The van der Waals surface area contributed by atoms with Gasteiger partial charge in [-0.2, -0.15) is 0 Å². The van der Waals surface area contributed by atoms with E-state index in [2.05, 4.69) is 50.3 Å². The van der Waals surface area contributed by atoms with Crippen LogP contribution in [-0.2, 0) is 32.7 Å². The van der Waals surface area contributed by atoms with Gasteiger partial charge in [0.05, 0.1) is 27.7 Å². The fourth-order valence-electron chi connectivity index (χ4n) is 6.04. The van der Waals surface area contributed by atoms with E-state index in [1.807, 2.05) is 21.1 Å². The average Bonchev–Trinajstić information content (AvgIpc) is 3.15. The summed E-state index contributed by atoms with van der Waals surface area (Å²) in [4.78, 5) is 35.4. The van der Waals surface area contributed by atoms with E-state index in [4.69, 9.17) is 18.5 Å². The minimum Gasteiger partial charge on any atom is -0.462 e. The van der Waals surface area contributed by atoms with E-state index < -0.39 is 26.5 Å². The van der Waals surface area contributed by atoms with E-state index in [-0.39, 0.29) is 32.0 Å². The van der Waals surface area contributed by atoms with Crippen LogP contribution in [0.1, 0.15) is 194 Å². The molecule has 9 nitrogen and oxygen atoms in total. The monoisotopic (exact) mass is 813 g/mol. The maximum atomic E-state index is 12.7. The number of allylic oxidation sites excluding steroid dienone is 6. The molecule has 0 fully saturated rings. The number of unbranched alkanes of at least 4 members (excludes halogenated alkanes) is 21. The molecule has 0 bridgehead atoms. The van der Waals surface area contributed by atoms with E-state index in [0.717, 1.165) is 57.8 Å². The molecule has 0 aromatic carbocycles. The third-order valence-electron chi connectivity index (χ3n) is 9.64. The number of ether oxygens (including phenoxy) is 2. The molecule has 10 heteroatoms. The minimum atomic E-state index is -4.38. The standard InChI is InChI=1S/C46H86NO8P/c1-6-8-10-12-14-16-18-20-22-23-25-27-29-31-33-35-37-39-46(49)55-44(43-54-56(50,51)53-41-40-47(3,4)5)42-52-45(48)38-36-34-32-30-28-26-24-21-19-17-15-13-11-9-7-2/h14,16-17,19-20,22,44H,6-13,15,18,21,23-43H2,1-5H3/p+1/b16-14-,19-17-,22-20-/t44-/m1/s1. The number of carbonyl (C=O) groups excluding carboxylic acids is 2. The van der Waals surface area contributed by atoms with Crippen LogP contribution in [0.5, 0.6) is 0 Å². The smallest absolute Gasteiger partial charge is 0.462 e. The number of hydrogen-bond donors (Lipinski definition) is 1. The van der Waals surface area contributed by atoms with E-state index in [0.29, 0.717) is 17.4 Å². The maximum absolute atomic E-state index is 12.7. The Morgan fingerprint density at radius 1 is 0.554 bits per heavy atom. The Kier molecular flexibility index (Phi) is 37.5. The molecule has 0 aliphatic heterocycles. The highest BCUT2D eigenvalue weighted by molar-refractivity contribution is 7.47. The van der Waals surface area contributed by atoms with Crippen LogP contribution in [0, 0.1) is 0 Å². The molecular formula is C46H87NO8P+. The van der Waals surface area contributed by atoms with Gasteiger partial charge in [-0.25, -0.2) is 4.57 Å². The highest BCUT2D eigenvalue weighted by Gasteiger charge is 2.27. The van der Waals surface area contributed by atoms with Crippen molar-refractivity contribution in [2.75, 3.05) is 47.5 Å². The molecule has 0 saturated heterocycles. The molecule has 0 heterocycles. The van der Waals surface area contributed by atoms with Gasteiger partial charge in [0.2, 0.25) is 0 Å². The molecule has 0 aromatic rings. The Labute approximate surface area is 344 Å². The van der Waals surface area contributed by atoms with Crippen LogP contribution in [0.3, 0.4) is 0 Å². The van der Waals surface area contributed by atoms with Crippen molar-refractivity contribution in [3.05, 3.63) is 36.5 Å². The predicted molar refractivity (Wildman–Crippen MR) is 234 cm³/mol. The van der Waals surface area contributed by atoms with Crippen molar-refractivity contribution < 1.29 is 42.1 Å². The summed E-state index contributed by atoms with van der Waals surface area (Å²) >= 11 is 0. The normalized spacial score (nSPS) is 13.9. The van der Waals surface area contributed by atoms with Crippen LogP contribution < -0.4 is 0 Å². The van der Waals surface area contributed by atoms with Crippen LogP contribution in [-0.4, -0.2) is 74.9 Å². The van der Waals surface area contributed by atoms with E-state index >= 15 is 0 Å². The fourth-order valence-corrected chi connectivity index (χ4v) is 6.78. The summed E-state index contributed by atoms with van der Waals surface area (Å²) in [5.41, 5.74) is 0. The van der Waals surface area contributed by atoms with Crippen molar-refractivity contribution in [1.29, 1.82) is 0 Å². The molecule has 0 radical (unpaired) electrons. The second-order valence-electron chi connectivity index (χ2n) is 16.4. The molecule has 0 saturated carbocycles. The molecule has 0 aliphatic rings. The van der Waals surface area contributed by atoms with Crippen molar-refractivity contribution in [1.82, 2.24) is 0 Å². The Morgan fingerprint density at radius 3 is 1.46 bits per heavy atom. The van der Waals surface area contributed by atoms with Crippen molar-refractivity contribution in [2.45, 2.75) is 200 Å². The molecule has 56 heavy (non-hydrogen) atoms.